The van der Waals surface area contributed by atoms with E-state index in [1.807, 2.05) is 18.2 Å². The standard InChI is InChI=1S/C13H19NO2/c14-10-4-9-13(15)16-11-5-8-12-6-2-1-3-7-12/h1-3,6-7H,4-5,8-11,14H2. The molecule has 0 aliphatic heterocycles. The number of carbonyl (C=O) groups excluding carboxylic acids is 1. The number of esters is 1. The normalized spacial score (nSPS) is 10.1. The molecule has 0 aromatic heterocycles. The summed E-state index contributed by atoms with van der Waals surface area (Å²) >= 11 is 0. The van der Waals surface area contributed by atoms with Crippen molar-refractivity contribution >= 4 is 5.97 Å². The molecule has 0 bridgehead atoms. The van der Waals surface area contributed by atoms with E-state index in [1.54, 1.807) is 0 Å². The summed E-state index contributed by atoms with van der Waals surface area (Å²) in [5, 5.41) is 0. The highest BCUT2D eigenvalue weighted by Crippen LogP contribution is 2.02. The lowest BCUT2D eigenvalue weighted by Crippen LogP contribution is -2.09. The van der Waals surface area contributed by atoms with E-state index in [-0.39, 0.29) is 5.97 Å². The molecule has 3 nitrogen and oxygen atoms in total. The highest BCUT2D eigenvalue weighted by Gasteiger charge is 2.01. The SMILES string of the molecule is NCCCC(=O)OCCCc1ccccc1. The van der Waals surface area contributed by atoms with Crippen LogP contribution in [0.4, 0.5) is 0 Å². The zero-order valence-corrected chi connectivity index (χ0v) is 9.52. The molecule has 0 unspecified atom stereocenters. The summed E-state index contributed by atoms with van der Waals surface area (Å²) in [7, 11) is 0. The molecule has 0 saturated carbocycles. The number of hydrogen-bond donors (Lipinski definition) is 1. The number of ether oxygens (including phenoxy) is 1. The fourth-order valence-corrected chi connectivity index (χ4v) is 1.43. The van der Waals surface area contributed by atoms with Crippen LogP contribution in [-0.2, 0) is 16.0 Å². The molecule has 0 aliphatic carbocycles. The van der Waals surface area contributed by atoms with E-state index in [0.717, 1.165) is 12.8 Å². The summed E-state index contributed by atoms with van der Waals surface area (Å²) in [5.41, 5.74) is 6.58. The van der Waals surface area contributed by atoms with Crippen molar-refractivity contribution in [2.45, 2.75) is 25.7 Å². The largest absolute Gasteiger partial charge is 0.466 e. The molecule has 1 aromatic carbocycles. The van der Waals surface area contributed by atoms with Crippen LogP contribution in [0.15, 0.2) is 30.3 Å². The van der Waals surface area contributed by atoms with Crippen molar-refractivity contribution in [1.29, 1.82) is 0 Å². The van der Waals surface area contributed by atoms with Gasteiger partial charge in [0, 0.05) is 6.42 Å². The van der Waals surface area contributed by atoms with Crippen LogP contribution in [0, 0.1) is 0 Å². The summed E-state index contributed by atoms with van der Waals surface area (Å²) in [6.07, 6.45) is 2.96. The highest BCUT2D eigenvalue weighted by molar-refractivity contribution is 5.69. The number of nitrogens with two attached hydrogens (primary N) is 1. The number of rotatable bonds is 7. The predicted molar refractivity (Wildman–Crippen MR) is 64.0 cm³/mol. The average molecular weight is 221 g/mol. The second kappa shape index (κ2) is 7.88. The van der Waals surface area contributed by atoms with E-state index in [9.17, 15) is 4.79 Å². The molecule has 88 valence electrons. The first kappa shape index (κ1) is 12.7. The maximum absolute atomic E-state index is 11.1. The second-order valence-electron chi connectivity index (χ2n) is 3.70. The average Bonchev–Trinajstić information content (AvgIpc) is 2.33. The molecule has 2 N–H and O–H groups in total. The first-order valence-electron chi connectivity index (χ1n) is 5.72. The Morgan fingerprint density at radius 1 is 1.19 bits per heavy atom. The third-order valence-corrected chi connectivity index (χ3v) is 2.30. The summed E-state index contributed by atoms with van der Waals surface area (Å²) < 4.78 is 5.07. The van der Waals surface area contributed by atoms with Gasteiger partial charge in [0.25, 0.3) is 0 Å². The Hall–Kier alpha value is -1.35. The molecular weight excluding hydrogens is 202 g/mol. The first-order valence-corrected chi connectivity index (χ1v) is 5.72. The lowest BCUT2D eigenvalue weighted by Gasteiger charge is -2.04. The van der Waals surface area contributed by atoms with Crippen LogP contribution in [-0.4, -0.2) is 19.1 Å². The van der Waals surface area contributed by atoms with Gasteiger partial charge in [0.15, 0.2) is 0 Å². The third kappa shape index (κ3) is 5.51. The van der Waals surface area contributed by atoms with Crippen LogP contribution < -0.4 is 5.73 Å². The molecule has 0 saturated heterocycles. The van der Waals surface area contributed by atoms with Crippen LogP contribution >= 0.6 is 0 Å². The van der Waals surface area contributed by atoms with Gasteiger partial charge in [-0.1, -0.05) is 30.3 Å². The summed E-state index contributed by atoms with van der Waals surface area (Å²) in [6, 6.07) is 10.2. The van der Waals surface area contributed by atoms with E-state index in [0.29, 0.717) is 26.0 Å². The Morgan fingerprint density at radius 3 is 2.62 bits per heavy atom. The van der Waals surface area contributed by atoms with Gasteiger partial charge in [0.05, 0.1) is 6.61 Å². The van der Waals surface area contributed by atoms with Gasteiger partial charge >= 0.3 is 5.97 Å². The van der Waals surface area contributed by atoms with E-state index in [1.165, 1.54) is 5.56 Å². The summed E-state index contributed by atoms with van der Waals surface area (Å²) in [4.78, 5) is 11.1. The fourth-order valence-electron chi connectivity index (χ4n) is 1.43. The zero-order chi connectivity index (χ0) is 11.6. The lowest BCUT2D eigenvalue weighted by atomic mass is 10.1. The van der Waals surface area contributed by atoms with Crippen molar-refractivity contribution in [3.8, 4) is 0 Å². The van der Waals surface area contributed by atoms with Crippen LogP contribution in [0.2, 0.25) is 0 Å². The molecular formula is C13H19NO2. The van der Waals surface area contributed by atoms with Gasteiger partial charge in [-0.05, 0) is 31.4 Å². The number of hydrogen-bond acceptors (Lipinski definition) is 3. The number of carbonyl (C=O) groups is 1. The Labute approximate surface area is 96.6 Å². The second-order valence-corrected chi connectivity index (χ2v) is 3.70. The predicted octanol–water partition coefficient (Wildman–Crippen LogP) is 1.90. The molecule has 1 rings (SSSR count). The van der Waals surface area contributed by atoms with Gasteiger partial charge in [-0.2, -0.15) is 0 Å². The van der Waals surface area contributed by atoms with Gasteiger partial charge in [-0.3, -0.25) is 4.79 Å². The van der Waals surface area contributed by atoms with Gasteiger partial charge in [0.1, 0.15) is 0 Å². The molecule has 16 heavy (non-hydrogen) atoms. The molecule has 3 heteroatoms. The molecule has 0 fully saturated rings. The minimum Gasteiger partial charge on any atom is -0.466 e. The van der Waals surface area contributed by atoms with Crippen molar-refractivity contribution in [1.82, 2.24) is 0 Å². The number of benzene rings is 1. The third-order valence-electron chi connectivity index (χ3n) is 2.30. The van der Waals surface area contributed by atoms with Crippen LogP contribution in [0.5, 0.6) is 0 Å². The molecule has 0 spiro atoms. The number of aryl methyl sites for hydroxylation is 1. The molecule has 0 amide bonds. The summed E-state index contributed by atoms with van der Waals surface area (Å²) in [6.45, 7) is 1.04. The van der Waals surface area contributed by atoms with Crippen LogP contribution in [0.1, 0.15) is 24.8 Å². The van der Waals surface area contributed by atoms with Crippen LogP contribution in [0.25, 0.3) is 0 Å². The maximum atomic E-state index is 11.1. The van der Waals surface area contributed by atoms with Gasteiger partial charge in [-0.25, -0.2) is 0 Å². The Bertz CT molecular complexity index is 298. The van der Waals surface area contributed by atoms with Crippen molar-refractivity contribution < 1.29 is 9.53 Å². The molecule has 1 aromatic rings. The quantitative estimate of drug-likeness (QED) is 0.565. The lowest BCUT2D eigenvalue weighted by molar-refractivity contribution is -0.143. The molecule has 0 heterocycles. The Balaban J connectivity index is 2.06. The topological polar surface area (TPSA) is 52.3 Å². The molecule has 0 aliphatic rings. The maximum Gasteiger partial charge on any atom is 0.305 e. The first-order chi connectivity index (χ1) is 7.83. The van der Waals surface area contributed by atoms with Crippen molar-refractivity contribution in [2.24, 2.45) is 5.73 Å². The van der Waals surface area contributed by atoms with Crippen molar-refractivity contribution in [2.75, 3.05) is 13.2 Å². The van der Waals surface area contributed by atoms with Gasteiger partial charge in [-0.15, -0.1) is 0 Å². The Morgan fingerprint density at radius 2 is 1.94 bits per heavy atom. The van der Waals surface area contributed by atoms with Crippen molar-refractivity contribution in [3.63, 3.8) is 0 Å². The molecule has 0 atom stereocenters. The minimum absolute atomic E-state index is 0.140. The van der Waals surface area contributed by atoms with E-state index in [2.05, 4.69) is 12.1 Å². The van der Waals surface area contributed by atoms with Gasteiger partial charge in [0.2, 0.25) is 0 Å². The van der Waals surface area contributed by atoms with E-state index in [4.69, 9.17) is 10.5 Å². The van der Waals surface area contributed by atoms with Crippen LogP contribution in [0.3, 0.4) is 0 Å². The molecule has 0 radical (unpaired) electrons. The van der Waals surface area contributed by atoms with Gasteiger partial charge < -0.3 is 10.5 Å². The Kier molecular flexibility index (Phi) is 6.26. The fraction of sp³-hybridized carbons (Fsp3) is 0.462. The van der Waals surface area contributed by atoms with Crippen molar-refractivity contribution in [3.05, 3.63) is 35.9 Å². The smallest absolute Gasteiger partial charge is 0.305 e. The monoisotopic (exact) mass is 221 g/mol. The van der Waals surface area contributed by atoms with E-state index >= 15 is 0 Å². The highest BCUT2D eigenvalue weighted by atomic mass is 16.5. The zero-order valence-electron chi connectivity index (χ0n) is 9.52. The minimum atomic E-state index is -0.140. The van der Waals surface area contributed by atoms with E-state index < -0.39 is 0 Å². The summed E-state index contributed by atoms with van der Waals surface area (Å²) in [5.74, 6) is -0.140.